The molecule has 0 fully saturated rings. The van der Waals surface area contributed by atoms with E-state index in [9.17, 15) is 4.79 Å². The SMILES string of the molecule is COC(=O)c1ccc(-c2cc3ccccc3s2)nc1. The van der Waals surface area contributed by atoms with Crippen molar-refractivity contribution in [2.24, 2.45) is 0 Å². The average molecular weight is 269 g/mol. The minimum Gasteiger partial charge on any atom is -0.465 e. The third-order valence-corrected chi connectivity index (χ3v) is 4.00. The Bertz CT molecular complexity index is 698. The highest BCUT2D eigenvalue weighted by molar-refractivity contribution is 7.22. The standard InChI is InChI=1S/C15H11NO2S/c1-18-15(17)11-6-7-12(16-9-11)14-8-10-4-2-3-5-13(10)19-14/h2-9H,1H3. The van der Waals surface area contributed by atoms with Gasteiger partial charge in [-0.3, -0.25) is 4.98 Å². The Morgan fingerprint density at radius 3 is 2.74 bits per heavy atom. The van der Waals surface area contributed by atoms with E-state index in [-0.39, 0.29) is 5.97 Å². The van der Waals surface area contributed by atoms with Crippen molar-refractivity contribution < 1.29 is 9.53 Å². The van der Waals surface area contributed by atoms with Gasteiger partial charge in [-0.2, -0.15) is 0 Å². The van der Waals surface area contributed by atoms with E-state index in [0.717, 1.165) is 10.6 Å². The van der Waals surface area contributed by atoms with Gasteiger partial charge in [-0.05, 0) is 29.7 Å². The summed E-state index contributed by atoms with van der Waals surface area (Å²) >= 11 is 1.69. The lowest BCUT2D eigenvalue weighted by Crippen LogP contribution is -2.01. The molecular formula is C15H11NO2S. The number of nitrogens with zero attached hydrogens (tertiary/aromatic N) is 1. The molecule has 0 saturated heterocycles. The molecule has 0 N–H and O–H groups in total. The highest BCUT2D eigenvalue weighted by Gasteiger charge is 2.08. The van der Waals surface area contributed by atoms with Gasteiger partial charge in [-0.1, -0.05) is 18.2 Å². The van der Waals surface area contributed by atoms with Crippen LogP contribution in [-0.4, -0.2) is 18.1 Å². The Hall–Kier alpha value is -2.20. The normalized spacial score (nSPS) is 10.6. The van der Waals surface area contributed by atoms with Crippen LogP contribution in [0, 0.1) is 0 Å². The number of hydrogen-bond donors (Lipinski definition) is 0. The molecule has 0 aliphatic rings. The van der Waals surface area contributed by atoms with Crippen LogP contribution < -0.4 is 0 Å². The zero-order chi connectivity index (χ0) is 13.2. The summed E-state index contributed by atoms with van der Waals surface area (Å²) in [5, 5.41) is 1.21. The van der Waals surface area contributed by atoms with E-state index in [0.29, 0.717) is 5.56 Å². The summed E-state index contributed by atoms with van der Waals surface area (Å²) in [6.07, 6.45) is 1.55. The molecule has 0 amide bonds. The van der Waals surface area contributed by atoms with Crippen molar-refractivity contribution in [3.8, 4) is 10.6 Å². The number of carbonyl (C=O) groups excluding carboxylic acids is 1. The molecular weight excluding hydrogens is 258 g/mol. The van der Waals surface area contributed by atoms with Gasteiger partial charge in [0.1, 0.15) is 0 Å². The number of hydrogen-bond acceptors (Lipinski definition) is 4. The summed E-state index contributed by atoms with van der Waals surface area (Å²) < 4.78 is 5.89. The van der Waals surface area contributed by atoms with Crippen LogP contribution in [0.2, 0.25) is 0 Å². The second-order valence-electron chi connectivity index (χ2n) is 4.07. The van der Waals surface area contributed by atoms with Crippen LogP contribution in [0.4, 0.5) is 0 Å². The first-order chi connectivity index (χ1) is 9.28. The zero-order valence-electron chi connectivity index (χ0n) is 10.3. The Morgan fingerprint density at radius 2 is 2.05 bits per heavy atom. The lowest BCUT2D eigenvalue weighted by atomic mass is 10.2. The van der Waals surface area contributed by atoms with Crippen LogP contribution >= 0.6 is 11.3 Å². The first kappa shape index (κ1) is 11.9. The number of fused-ring (bicyclic) bond motifs is 1. The van der Waals surface area contributed by atoms with Gasteiger partial charge in [-0.25, -0.2) is 4.79 Å². The maximum absolute atomic E-state index is 11.3. The van der Waals surface area contributed by atoms with Crippen molar-refractivity contribution in [2.75, 3.05) is 7.11 Å². The number of methoxy groups -OCH3 is 1. The van der Waals surface area contributed by atoms with Crippen molar-refractivity contribution in [3.63, 3.8) is 0 Å². The number of esters is 1. The second kappa shape index (κ2) is 4.82. The van der Waals surface area contributed by atoms with Gasteiger partial charge in [0.05, 0.1) is 23.2 Å². The molecule has 2 heterocycles. The minimum atomic E-state index is -0.365. The molecule has 94 valence electrons. The predicted molar refractivity (Wildman–Crippen MR) is 76.4 cm³/mol. The Balaban J connectivity index is 1.99. The Labute approximate surface area is 114 Å². The van der Waals surface area contributed by atoms with Crippen molar-refractivity contribution in [1.82, 2.24) is 4.98 Å². The van der Waals surface area contributed by atoms with Gasteiger partial charge in [0.2, 0.25) is 0 Å². The summed E-state index contributed by atoms with van der Waals surface area (Å²) in [4.78, 5) is 16.8. The lowest BCUT2D eigenvalue weighted by molar-refractivity contribution is 0.0600. The van der Waals surface area contributed by atoms with Crippen molar-refractivity contribution in [1.29, 1.82) is 0 Å². The van der Waals surface area contributed by atoms with Gasteiger partial charge in [0.25, 0.3) is 0 Å². The molecule has 3 nitrogen and oxygen atoms in total. The average Bonchev–Trinajstić information content (AvgIpc) is 2.90. The van der Waals surface area contributed by atoms with Crippen LogP contribution in [0.5, 0.6) is 0 Å². The van der Waals surface area contributed by atoms with Crippen LogP contribution in [0.25, 0.3) is 20.7 Å². The molecule has 4 heteroatoms. The number of aromatic nitrogens is 1. The van der Waals surface area contributed by atoms with E-state index in [4.69, 9.17) is 0 Å². The van der Waals surface area contributed by atoms with Gasteiger partial charge in [-0.15, -0.1) is 11.3 Å². The van der Waals surface area contributed by atoms with Gasteiger partial charge >= 0.3 is 5.97 Å². The highest BCUT2D eigenvalue weighted by atomic mass is 32.1. The summed E-state index contributed by atoms with van der Waals surface area (Å²) in [5.41, 5.74) is 1.33. The summed E-state index contributed by atoms with van der Waals surface area (Å²) in [5.74, 6) is -0.365. The topological polar surface area (TPSA) is 39.2 Å². The smallest absolute Gasteiger partial charge is 0.339 e. The summed E-state index contributed by atoms with van der Waals surface area (Å²) in [6.45, 7) is 0. The van der Waals surface area contributed by atoms with Crippen molar-refractivity contribution in [3.05, 3.63) is 54.2 Å². The molecule has 0 bridgehead atoms. The van der Waals surface area contributed by atoms with Crippen LogP contribution in [0.1, 0.15) is 10.4 Å². The van der Waals surface area contributed by atoms with E-state index >= 15 is 0 Å². The number of carbonyl (C=O) groups is 1. The first-order valence-corrected chi connectivity index (χ1v) is 6.63. The fourth-order valence-electron chi connectivity index (χ4n) is 1.89. The zero-order valence-corrected chi connectivity index (χ0v) is 11.1. The number of pyridine rings is 1. The van der Waals surface area contributed by atoms with Crippen LogP contribution in [0.3, 0.4) is 0 Å². The van der Waals surface area contributed by atoms with Gasteiger partial charge in [0.15, 0.2) is 0 Å². The van der Waals surface area contributed by atoms with Gasteiger partial charge in [0, 0.05) is 10.9 Å². The molecule has 2 aromatic heterocycles. The maximum atomic E-state index is 11.3. The first-order valence-electron chi connectivity index (χ1n) is 5.81. The van der Waals surface area contributed by atoms with E-state index in [1.165, 1.54) is 17.2 Å². The molecule has 19 heavy (non-hydrogen) atoms. The molecule has 1 aromatic carbocycles. The highest BCUT2D eigenvalue weighted by Crippen LogP contribution is 2.32. The minimum absolute atomic E-state index is 0.365. The van der Waals surface area contributed by atoms with E-state index in [1.54, 1.807) is 23.6 Å². The molecule has 0 aliphatic carbocycles. The number of benzene rings is 1. The summed E-state index contributed by atoms with van der Waals surface area (Å²) in [7, 11) is 1.36. The molecule has 0 aliphatic heterocycles. The second-order valence-corrected chi connectivity index (χ2v) is 5.16. The third kappa shape index (κ3) is 2.22. The molecule has 0 radical (unpaired) electrons. The van der Waals surface area contributed by atoms with Crippen LogP contribution in [0.15, 0.2) is 48.7 Å². The maximum Gasteiger partial charge on any atom is 0.339 e. The van der Waals surface area contributed by atoms with E-state index in [1.807, 2.05) is 18.2 Å². The van der Waals surface area contributed by atoms with Gasteiger partial charge < -0.3 is 4.74 Å². The van der Waals surface area contributed by atoms with Crippen LogP contribution in [-0.2, 0) is 4.74 Å². The quantitative estimate of drug-likeness (QED) is 0.665. The number of rotatable bonds is 2. The van der Waals surface area contributed by atoms with E-state index < -0.39 is 0 Å². The molecule has 0 unspecified atom stereocenters. The Morgan fingerprint density at radius 1 is 1.21 bits per heavy atom. The van der Waals surface area contributed by atoms with Crippen molar-refractivity contribution in [2.45, 2.75) is 0 Å². The van der Waals surface area contributed by atoms with Crippen molar-refractivity contribution >= 4 is 27.4 Å². The molecule has 3 aromatic rings. The molecule has 0 saturated carbocycles. The fourth-order valence-corrected chi connectivity index (χ4v) is 2.93. The third-order valence-electron chi connectivity index (χ3n) is 2.86. The molecule has 0 atom stereocenters. The predicted octanol–water partition coefficient (Wildman–Crippen LogP) is 3.75. The Kier molecular flexibility index (Phi) is 3.01. The molecule has 0 spiro atoms. The number of ether oxygens (including phenoxy) is 1. The lowest BCUT2D eigenvalue weighted by Gasteiger charge is -1.99. The summed E-state index contributed by atoms with van der Waals surface area (Å²) in [6, 6.07) is 13.9. The number of thiophene rings is 1. The van der Waals surface area contributed by atoms with E-state index in [2.05, 4.69) is 27.9 Å². The fraction of sp³-hybridized carbons (Fsp3) is 0.0667. The monoisotopic (exact) mass is 269 g/mol. The largest absolute Gasteiger partial charge is 0.465 e. The molecule has 3 rings (SSSR count).